The summed E-state index contributed by atoms with van der Waals surface area (Å²) in [7, 11) is 0. The van der Waals surface area contributed by atoms with Crippen LogP contribution < -0.4 is 5.32 Å². The summed E-state index contributed by atoms with van der Waals surface area (Å²) >= 11 is 1.32. The Bertz CT molecular complexity index is 1220. The van der Waals surface area contributed by atoms with Gasteiger partial charge in [0.25, 0.3) is 5.91 Å². The predicted octanol–water partition coefficient (Wildman–Crippen LogP) is 7.70. The number of rotatable bonds is 5. The molecule has 1 aromatic heterocycles. The number of hydrogen-bond donors (Lipinski definition) is 1. The molecule has 11 heteroatoms. The number of aromatic nitrogens is 1. The number of pyridine rings is 1. The van der Waals surface area contributed by atoms with Gasteiger partial charge in [0.05, 0.1) is 0 Å². The Kier molecular flexibility index (Phi) is 7.21. The van der Waals surface area contributed by atoms with Gasteiger partial charge in [0.1, 0.15) is 10.7 Å². The number of nitrogens with one attached hydrogen (secondary N) is 1. The molecule has 35 heavy (non-hydrogen) atoms. The lowest BCUT2D eigenvalue weighted by Crippen LogP contribution is -2.50. The van der Waals surface area contributed by atoms with E-state index in [2.05, 4.69) is 10.3 Å². The van der Waals surface area contributed by atoms with Crippen molar-refractivity contribution >= 4 is 23.4 Å². The highest BCUT2D eigenvalue weighted by Gasteiger charge is 2.73. The summed E-state index contributed by atoms with van der Waals surface area (Å²) in [6.07, 6.45) is -12.5. The topological polar surface area (TPSA) is 42.0 Å². The number of carbonyl (C=O) groups is 1. The van der Waals surface area contributed by atoms with Gasteiger partial charge in [-0.3, -0.25) is 4.79 Å². The Labute approximate surface area is 200 Å². The SMILES string of the molecule is Cc1ccccc1Sc1cccc(C(=O)Nc2c(C)cc(C(F)(C(F)(F)F)C(F)(F)F)cc2C)n1. The molecule has 3 rings (SSSR count). The maximum absolute atomic E-state index is 14.5. The average molecular weight is 516 g/mol. The molecule has 0 fully saturated rings. The molecule has 1 amide bonds. The molecular weight excluding hydrogens is 497 g/mol. The first-order valence-electron chi connectivity index (χ1n) is 10.1. The fourth-order valence-corrected chi connectivity index (χ4v) is 4.30. The molecule has 3 nitrogen and oxygen atoms in total. The molecule has 0 aliphatic heterocycles. The number of hydrogen-bond acceptors (Lipinski definition) is 3. The number of alkyl halides is 7. The molecule has 3 aromatic rings. The van der Waals surface area contributed by atoms with Crippen molar-refractivity contribution in [2.24, 2.45) is 0 Å². The summed E-state index contributed by atoms with van der Waals surface area (Å²) < 4.78 is 93.2. The molecule has 186 valence electrons. The molecule has 0 unspecified atom stereocenters. The van der Waals surface area contributed by atoms with E-state index >= 15 is 0 Å². The predicted molar refractivity (Wildman–Crippen MR) is 118 cm³/mol. The minimum Gasteiger partial charge on any atom is -0.320 e. The zero-order chi connectivity index (χ0) is 26.2. The van der Waals surface area contributed by atoms with Crippen LogP contribution in [0.2, 0.25) is 0 Å². The quantitative estimate of drug-likeness (QED) is 0.354. The standard InChI is InChI=1S/C24H19F7N2OS/c1-13-7-4-5-9-18(13)35-19-10-6-8-17(32-19)21(34)33-20-14(2)11-16(12-15(20)3)22(25,23(26,27)28)24(29,30)31/h4-12H,1-3H3,(H,33,34). The number of benzene rings is 2. The molecule has 0 saturated heterocycles. The molecule has 0 spiro atoms. The first kappa shape index (κ1) is 26.5. The first-order valence-corrected chi connectivity index (χ1v) is 10.9. The minimum atomic E-state index is -6.23. The van der Waals surface area contributed by atoms with Crippen molar-refractivity contribution in [1.29, 1.82) is 0 Å². The third-order valence-electron chi connectivity index (χ3n) is 5.21. The van der Waals surface area contributed by atoms with Crippen LogP contribution in [0.25, 0.3) is 0 Å². The number of carbonyl (C=O) groups excluding carboxylic acids is 1. The lowest BCUT2D eigenvalue weighted by atomic mass is 9.90. The summed E-state index contributed by atoms with van der Waals surface area (Å²) in [6.45, 7) is 4.27. The van der Waals surface area contributed by atoms with E-state index in [-0.39, 0.29) is 22.5 Å². The summed E-state index contributed by atoms with van der Waals surface area (Å²) in [5.41, 5.74) is -6.56. The molecule has 0 aliphatic carbocycles. The molecule has 0 atom stereocenters. The highest BCUT2D eigenvalue weighted by Crippen LogP contribution is 2.53. The van der Waals surface area contributed by atoms with Crippen molar-refractivity contribution < 1.29 is 35.5 Å². The van der Waals surface area contributed by atoms with Gasteiger partial charge in [-0.1, -0.05) is 48.2 Å². The van der Waals surface area contributed by atoms with Gasteiger partial charge in [-0.2, -0.15) is 26.3 Å². The normalized spacial score (nSPS) is 12.5. The maximum Gasteiger partial charge on any atom is 0.435 e. The summed E-state index contributed by atoms with van der Waals surface area (Å²) in [6, 6.07) is 13.1. The van der Waals surface area contributed by atoms with E-state index in [9.17, 15) is 35.5 Å². The van der Waals surface area contributed by atoms with Crippen molar-refractivity contribution in [1.82, 2.24) is 4.98 Å². The van der Waals surface area contributed by atoms with Gasteiger partial charge < -0.3 is 5.32 Å². The minimum absolute atomic E-state index is 0.0168. The summed E-state index contributed by atoms with van der Waals surface area (Å²) in [5, 5.41) is 2.97. The van der Waals surface area contributed by atoms with E-state index in [0.29, 0.717) is 17.2 Å². The zero-order valence-electron chi connectivity index (χ0n) is 18.6. The van der Waals surface area contributed by atoms with Crippen LogP contribution in [-0.4, -0.2) is 23.2 Å². The number of amides is 1. The molecule has 0 saturated carbocycles. The highest BCUT2D eigenvalue weighted by molar-refractivity contribution is 7.99. The molecule has 0 radical (unpaired) electrons. The number of anilines is 1. The van der Waals surface area contributed by atoms with Crippen LogP contribution in [0.3, 0.4) is 0 Å². The van der Waals surface area contributed by atoms with Gasteiger partial charge in [-0.05, 0) is 55.7 Å². The number of halogens is 7. The maximum atomic E-state index is 14.5. The van der Waals surface area contributed by atoms with Gasteiger partial charge >= 0.3 is 18.0 Å². The van der Waals surface area contributed by atoms with Crippen LogP contribution >= 0.6 is 11.8 Å². The van der Waals surface area contributed by atoms with Crippen LogP contribution in [0, 0.1) is 20.8 Å². The Balaban J connectivity index is 1.90. The molecule has 0 bridgehead atoms. The van der Waals surface area contributed by atoms with E-state index in [1.54, 1.807) is 12.1 Å². The van der Waals surface area contributed by atoms with Crippen LogP contribution in [-0.2, 0) is 5.67 Å². The second kappa shape index (κ2) is 9.52. The van der Waals surface area contributed by atoms with Crippen LogP contribution in [0.5, 0.6) is 0 Å². The van der Waals surface area contributed by atoms with Gasteiger partial charge in [0.15, 0.2) is 0 Å². The van der Waals surface area contributed by atoms with E-state index < -0.39 is 29.5 Å². The van der Waals surface area contributed by atoms with Crippen LogP contribution in [0.1, 0.15) is 32.7 Å². The lowest BCUT2D eigenvalue weighted by molar-refractivity contribution is -0.348. The first-order chi connectivity index (χ1) is 16.1. The average Bonchev–Trinajstić information content (AvgIpc) is 2.75. The molecule has 2 aromatic carbocycles. The van der Waals surface area contributed by atoms with E-state index in [4.69, 9.17) is 0 Å². The Morgan fingerprint density at radius 2 is 1.37 bits per heavy atom. The summed E-state index contributed by atoms with van der Waals surface area (Å²) in [5.74, 6) is -0.727. The molecule has 0 aliphatic rings. The Morgan fingerprint density at radius 1 is 0.800 bits per heavy atom. The third-order valence-corrected chi connectivity index (χ3v) is 6.33. The smallest absolute Gasteiger partial charge is 0.320 e. The van der Waals surface area contributed by atoms with E-state index in [1.165, 1.54) is 31.7 Å². The third kappa shape index (κ3) is 5.29. The second-order valence-electron chi connectivity index (χ2n) is 7.82. The Hall–Kier alpha value is -3.08. The zero-order valence-corrected chi connectivity index (χ0v) is 19.4. The fourth-order valence-electron chi connectivity index (χ4n) is 3.41. The van der Waals surface area contributed by atoms with Crippen molar-refractivity contribution in [2.75, 3.05) is 5.32 Å². The Morgan fingerprint density at radius 3 is 1.91 bits per heavy atom. The molecule has 1 N–H and O–H groups in total. The fraction of sp³-hybridized carbons (Fsp3) is 0.250. The van der Waals surface area contributed by atoms with Gasteiger partial charge in [-0.15, -0.1) is 0 Å². The van der Waals surface area contributed by atoms with Crippen molar-refractivity contribution in [2.45, 2.75) is 48.7 Å². The van der Waals surface area contributed by atoms with Gasteiger partial charge in [-0.25, -0.2) is 9.37 Å². The highest BCUT2D eigenvalue weighted by atomic mass is 32.2. The molecule has 1 heterocycles. The van der Waals surface area contributed by atoms with Gasteiger partial charge in [0, 0.05) is 16.1 Å². The van der Waals surface area contributed by atoms with Crippen LogP contribution in [0.15, 0.2) is 64.5 Å². The second-order valence-corrected chi connectivity index (χ2v) is 8.88. The number of aryl methyl sites for hydroxylation is 3. The monoisotopic (exact) mass is 516 g/mol. The van der Waals surface area contributed by atoms with Crippen LogP contribution in [0.4, 0.5) is 36.4 Å². The van der Waals surface area contributed by atoms with E-state index in [1.807, 2.05) is 31.2 Å². The molecular formula is C24H19F7N2OS. The van der Waals surface area contributed by atoms with E-state index in [0.717, 1.165) is 10.5 Å². The van der Waals surface area contributed by atoms with Crippen molar-refractivity contribution in [3.05, 3.63) is 82.5 Å². The van der Waals surface area contributed by atoms with Crippen molar-refractivity contribution in [3.8, 4) is 0 Å². The summed E-state index contributed by atoms with van der Waals surface area (Å²) in [4.78, 5) is 18.0. The van der Waals surface area contributed by atoms with Crippen molar-refractivity contribution in [3.63, 3.8) is 0 Å². The lowest BCUT2D eigenvalue weighted by Gasteiger charge is -2.31. The number of nitrogens with zero attached hydrogens (tertiary/aromatic N) is 1. The van der Waals surface area contributed by atoms with Gasteiger partial charge in [0.2, 0.25) is 0 Å². The largest absolute Gasteiger partial charge is 0.435 e.